The zero-order valence-electron chi connectivity index (χ0n) is 11.6. The van der Waals surface area contributed by atoms with Crippen LogP contribution in [0.3, 0.4) is 0 Å². The van der Waals surface area contributed by atoms with Gasteiger partial charge in [0.1, 0.15) is 0 Å². The monoisotopic (exact) mass is 332 g/mol. The number of H-pyrrole nitrogens is 1. The number of methoxy groups -OCH3 is 1. The number of phenols is 1. The van der Waals surface area contributed by atoms with Gasteiger partial charge in [-0.15, -0.1) is 11.3 Å². The third kappa shape index (κ3) is 2.78. The molecule has 112 valence electrons. The molecule has 0 fully saturated rings. The van der Waals surface area contributed by atoms with E-state index in [0.29, 0.717) is 16.3 Å². The standard InChI is InChI=1S/C14H12N4O2S2/c1-20-11-7-9(4-5-10(11)19)8-15-18-13(16-17-14(18)21)12-3-2-6-22-12/h2-8,19H,1H3,(H,17,21)/b15-8+. The van der Waals surface area contributed by atoms with Crippen molar-refractivity contribution >= 4 is 29.8 Å². The highest BCUT2D eigenvalue weighted by atomic mass is 32.1. The summed E-state index contributed by atoms with van der Waals surface area (Å²) in [4.78, 5) is 0.966. The lowest BCUT2D eigenvalue weighted by Crippen LogP contribution is -1.94. The van der Waals surface area contributed by atoms with Gasteiger partial charge in [-0.05, 0) is 47.4 Å². The molecule has 0 unspecified atom stereocenters. The number of phenolic OH excluding ortho intramolecular Hbond substituents is 1. The van der Waals surface area contributed by atoms with Crippen molar-refractivity contribution in [1.82, 2.24) is 14.9 Å². The summed E-state index contributed by atoms with van der Waals surface area (Å²) in [6, 6.07) is 8.86. The molecule has 0 bridgehead atoms. The van der Waals surface area contributed by atoms with E-state index in [1.165, 1.54) is 7.11 Å². The highest BCUT2D eigenvalue weighted by Crippen LogP contribution is 2.26. The van der Waals surface area contributed by atoms with Crippen molar-refractivity contribution in [3.05, 3.63) is 46.0 Å². The van der Waals surface area contributed by atoms with E-state index in [9.17, 15) is 5.11 Å². The van der Waals surface area contributed by atoms with Crippen LogP contribution in [-0.2, 0) is 0 Å². The number of benzene rings is 1. The fraction of sp³-hybridized carbons (Fsp3) is 0.0714. The molecule has 0 aliphatic rings. The van der Waals surface area contributed by atoms with Gasteiger partial charge in [0, 0.05) is 0 Å². The van der Waals surface area contributed by atoms with Crippen LogP contribution >= 0.6 is 23.6 Å². The molecule has 0 spiro atoms. The van der Waals surface area contributed by atoms with Crippen LogP contribution in [0.1, 0.15) is 5.56 Å². The first-order chi connectivity index (χ1) is 10.7. The summed E-state index contributed by atoms with van der Waals surface area (Å²) >= 11 is 6.76. The molecule has 0 aliphatic carbocycles. The number of thiophene rings is 1. The molecule has 0 radical (unpaired) electrons. The van der Waals surface area contributed by atoms with Gasteiger partial charge in [-0.3, -0.25) is 0 Å². The maximum atomic E-state index is 9.60. The SMILES string of the molecule is COc1cc(/C=N/n2c(-c3cccs3)n[nH]c2=S)ccc1O. The van der Waals surface area contributed by atoms with Crippen molar-refractivity contribution in [2.24, 2.45) is 5.10 Å². The van der Waals surface area contributed by atoms with Crippen molar-refractivity contribution in [3.63, 3.8) is 0 Å². The Bertz CT molecular complexity index is 865. The van der Waals surface area contributed by atoms with Gasteiger partial charge in [-0.25, -0.2) is 5.10 Å². The fourth-order valence-corrected chi connectivity index (χ4v) is 2.74. The molecule has 22 heavy (non-hydrogen) atoms. The quantitative estimate of drug-likeness (QED) is 0.568. The lowest BCUT2D eigenvalue weighted by Gasteiger charge is -2.03. The topological polar surface area (TPSA) is 75.4 Å². The minimum Gasteiger partial charge on any atom is -0.504 e. The second-order valence-electron chi connectivity index (χ2n) is 4.32. The normalized spacial score (nSPS) is 11.1. The van der Waals surface area contributed by atoms with E-state index < -0.39 is 0 Å². The summed E-state index contributed by atoms with van der Waals surface area (Å²) in [7, 11) is 1.50. The van der Waals surface area contributed by atoms with E-state index in [1.54, 1.807) is 40.4 Å². The number of nitrogens with one attached hydrogen (secondary N) is 1. The molecular formula is C14H12N4O2S2. The van der Waals surface area contributed by atoms with Crippen molar-refractivity contribution in [2.45, 2.75) is 0 Å². The van der Waals surface area contributed by atoms with Gasteiger partial charge in [-0.2, -0.15) is 14.9 Å². The Labute approximate surface area is 135 Å². The van der Waals surface area contributed by atoms with Crippen LogP contribution in [0.15, 0.2) is 40.8 Å². The predicted molar refractivity (Wildman–Crippen MR) is 88.4 cm³/mol. The Morgan fingerprint density at radius 1 is 1.45 bits per heavy atom. The summed E-state index contributed by atoms with van der Waals surface area (Å²) in [6.07, 6.45) is 1.63. The number of rotatable bonds is 4. The number of hydrogen-bond acceptors (Lipinski definition) is 6. The lowest BCUT2D eigenvalue weighted by molar-refractivity contribution is 0.373. The molecule has 0 saturated heterocycles. The molecule has 6 nitrogen and oxygen atoms in total. The van der Waals surface area contributed by atoms with Crippen LogP contribution in [0, 0.1) is 4.77 Å². The first-order valence-electron chi connectivity index (χ1n) is 6.31. The smallest absolute Gasteiger partial charge is 0.216 e. The van der Waals surface area contributed by atoms with E-state index in [-0.39, 0.29) is 5.75 Å². The van der Waals surface area contributed by atoms with Gasteiger partial charge in [0.05, 0.1) is 18.2 Å². The molecule has 1 aromatic carbocycles. The maximum absolute atomic E-state index is 9.60. The van der Waals surface area contributed by atoms with E-state index >= 15 is 0 Å². The number of nitrogens with zero attached hydrogens (tertiary/aromatic N) is 3. The van der Waals surface area contributed by atoms with E-state index in [0.717, 1.165) is 10.4 Å². The van der Waals surface area contributed by atoms with Crippen LogP contribution in [0.25, 0.3) is 10.7 Å². The number of aromatic hydroxyl groups is 1. The van der Waals surface area contributed by atoms with Crippen LogP contribution in [-0.4, -0.2) is 33.3 Å². The summed E-state index contributed by atoms with van der Waals surface area (Å²) < 4.78 is 7.04. The van der Waals surface area contributed by atoms with Gasteiger partial charge in [0.25, 0.3) is 0 Å². The first-order valence-corrected chi connectivity index (χ1v) is 7.60. The molecule has 0 saturated carbocycles. The Morgan fingerprint density at radius 3 is 3.05 bits per heavy atom. The van der Waals surface area contributed by atoms with Crippen LogP contribution < -0.4 is 4.74 Å². The maximum Gasteiger partial charge on any atom is 0.216 e. The average molecular weight is 332 g/mol. The van der Waals surface area contributed by atoms with Crippen LogP contribution in [0.5, 0.6) is 11.5 Å². The predicted octanol–water partition coefficient (Wildman–Crippen LogP) is 3.27. The van der Waals surface area contributed by atoms with Gasteiger partial charge >= 0.3 is 0 Å². The van der Waals surface area contributed by atoms with Gasteiger partial charge < -0.3 is 9.84 Å². The second-order valence-corrected chi connectivity index (χ2v) is 5.65. The number of aromatic amines is 1. The first kappa shape index (κ1) is 14.5. The Hall–Kier alpha value is -2.45. The van der Waals surface area contributed by atoms with Crippen molar-refractivity contribution in [3.8, 4) is 22.2 Å². The van der Waals surface area contributed by atoms with Crippen molar-refractivity contribution in [2.75, 3.05) is 7.11 Å². The minimum atomic E-state index is 0.0823. The molecule has 3 rings (SSSR count). The molecular weight excluding hydrogens is 320 g/mol. The average Bonchev–Trinajstić information content (AvgIpc) is 3.16. The van der Waals surface area contributed by atoms with Crippen LogP contribution in [0.4, 0.5) is 0 Å². The summed E-state index contributed by atoms with van der Waals surface area (Å²) in [6.45, 7) is 0. The molecule has 0 aliphatic heterocycles. The highest BCUT2D eigenvalue weighted by molar-refractivity contribution is 7.71. The van der Waals surface area contributed by atoms with Crippen molar-refractivity contribution in [1.29, 1.82) is 0 Å². The zero-order chi connectivity index (χ0) is 15.5. The van der Waals surface area contributed by atoms with Gasteiger partial charge in [-0.1, -0.05) is 6.07 Å². The third-order valence-corrected chi connectivity index (χ3v) is 4.05. The van der Waals surface area contributed by atoms with Crippen molar-refractivity contribution < 1.29 is 9.84 Å². The number of ether oxygens (including phenoxy) is 1. The Balaban J connectivity index is 1.97. The molecule has 0 amide bonds. The van der Waals surface area contributed by atoms with E-state index in [2.05, 4.69) is 15.3 Å². The van der Waals surface area contributed by atoms with Crippen LogP contribution in [0.2, 0.25) is 0 Å². The van der Waals surface area contributed by atoms with E-state index in [1.807, 2.05) is 17.5 Å². The molecule has 2 N–H and O–H groups in total. The molecule has 2 heterocycles. The summed E-state index contributed by atoms with van der Waals surface area (Å²) in [5.74, 6) is 1.12. The number of aromatic nitrogens is 3. The summed E-state index contributed by atoms with van der Waals surface area (Å²) in [5, 5.41) is 22.9. The molecule has 3 aromatic rings. The number of hydrogen-bond donors (Lipinski definition) is 2. The highest BCUT2D eigenvalue weighted by Gasteiger charge is 2.08. The largest absolute Gasteiger partial charge is 0.504 e. The zero-order valence-corrected chi connectivity index (χ0v) is 13.2. The summed E-state index contributed by atoms with van der Waals surface area (Å²) in [5.41, 5.74) is 0.773. The minimum absolute atomic E-state index is 0.0823. The van der Waals surface area contributed by atoms with Gasteiger partial charge in [0.15, 0.2) is 17.3 Å². The van der Waals surface area contributed by atoms with Gasteiger partial charge in [0.2, 0.25) is 4.77 Å². The molecule has 2 aromatic heterocycles. The fourth-order valence-electron chi connectivity index (χ4n) is 1.86. The van der Waals surface area contributed by atoms with E-state index in [4.69, 9.17) is 17.0 Å². The Morgan fingerprint density at radius 2 is 2.32 bits per heavy atom. The molecule has 8 heteroatoms. The third-order valence-electron chi connectivity index (χ3n) is 2.92. The molecule has 0 atom stereocenters. The second kappa shape index (κ2) is 6.12. The lowest BCUT2D eigenvalue weighted by atomic mass is 10.2. The Kier molecular flexibility index (Phi) is 4.03.